The van der Waals surface area contributed by atoms with Gasteiger partial charge in [-0.15, -0.1) is 11.3 Å². The normalized spacial score (nSPS) is 13.0. The van der Waals surface area contributed by atoms with Crippen molar-refractivity contribution in [1.29, 1.82) is 0 Å². The number of carbonyl (C=O) groups is 1. The van der Waals surface area contributed by atoms with E-state index in [1.165, 1.54) is 4.88 Å². The molecule has 0 aliphatic heterocycles. The lowest BCUT2D eigenvalue weighted by molar-refractivity contribution is -0.126. The number of likely N-dealkylation sites (N-methyl/N-ethyl adjacent to an activating group) is 1. The van der Waals surface area contributed by atoms with Crippen LogP contribution in [0.1, 0.15) is 18.7 Å². The fourth-order valence-electron chi connectivity index (χ4n) is 1.33. The molecule has 0 saturated heterocycles. The summed E-state index contributed by atoms with van der Waals surface area (Å²) in [6, 6.07) is 4.39. The molecule has 2 nitrogen and oxygen atoms in total. The highest BCUT2D eigenvalue weighted by Gasteiger charge is 2.13. The Morgan fingerprint density at radius 2 is 2.40 bits per heavy atom. The zero-order valence-electron chi connectivity index (χ0n) is 9.43. The highest BCUT2D eigenvalue weighted by atomic mass is 32.1. The van der Waals surface area contributed by atoms with Crippen molar-refractivity contribution in [2.24, 2.45) is 0 Å². The summed E-state index contributed by atoms with van der Waals surface area (Å²) < 4.78 is 0. The molecule has 1 unspecified atom stereocenters. The van der Waals surface area contributed by atoms with Crippen molar-refractivity contribution in [3.05, 3.63) is 34.5 Å². The molecule has 1 rings (SSSR count). The maximum Gasteiger partial charge on any atom is 0.246 e. The summed E-state index contributed by atoms with van der Waals surface area (Å²) in [4.78, 5) is 14.7. The van der Waals surface area contributed by atoms with Gasteiger partial charge in [0, 0.05) is 24.4 Å². The summed E-state index contributed by atoms with van der Waals surface area (Å²) in [5.41, 5.74) is 0. The first-order chi connectivity index (χ1) is 7.15. The number of nitrogens with zero attached hydrogens (tertiary/aromatic N) is 1. The number of hydrogen-bond donors (Lipinski definition) is 0. The van der Waals surface area contributed by atoms with Gasteiger partial charge < -0.3 is 4.90 Å². The van der Waals surface area contributed by atoms with Crippen LogP contribution in [0.25, 0.3) is 0 Å². The number of allylic oxidation sites excluding steroid dienone is 1. The lowest BCUT2D eigenvalue weighted by Gasteiger charge is -2.23. The van der Waals surface area contributed by atoms with Crippen LogP contribution in [0.4, 0.5) is 0 Å². The second-order valence-electron chi connectivity index (χ2n) is 3.58. The average Bonchev–Trinajstić information content (AvgIpc) is 2.69. The van der Waals surface area contributed by atoms with Crippen LogP contribution in [0.3, 0.4) is 0 Å². The van der Waals surface area contributed by atoms with Crippen LogP contribution in [0, 0.1) is 0 Å². The summed E-state index contributed by atoms with van der Waals surface area (Å²) in [7, 11) is 1.85. The Morgan fingerprint density at radius 3 is 2.93 bits per heavy atom. The van der Waals surface area contributed by atoms with Crippen LogP contribution in [-0.2, 0) is 11.2 Å². The minimum atomic E-state index is 0.0709. The summed E-state index contributed by atoms with van der Waals surface area (Å²) in [6.07, 6.45) is 4.30. The maximum absolute atomic E-state index is 11.6. The van der Waals surface area contributed by atoms with E-state index in [0.29, 0.717) is 0 Å². The molecular formula is C12H17NOS. The zero-order valence-corrected chi connectivity index (χ0v) is 10.3. The molecule has 1 amide bonds. The van der Waals surface area contributed by atoms with E-state index >= 15 is 0 Å². The molecule has 0 aromatic carbocycles. The van der Waals surface area contributed by atoms with Crippen LogP contribution in [0.5, 0.6) is 0 Å². The smallest absolute Gasteiger partial charge is 0.246 e. The Morgan fingerprint density at radius 1 is 1.67 bits per heavy atom. The van der Waals surface area contributed by atoms with Gasteiger partial charge in [-0.05, 0) is 31.4 Å². The van der Waals surface area contributed by atoms with Crippen molar-refractivity contribution >= 4 is 17.2 Å². The van der Waals surface area contributed by atoms with Gasteiger partial charge in [0.1, 0.15) is 0 Å². The molecule has 0 radical (unpaired) electrons. The molecule has 15 heavy (non-hydrogen) atoms. The first kappa shape index (κ1) is 12.0. The third-order valence-electron chi connectivity index (χ3n) is 2.39. The molecule has 0 bridgehead atoms. The minimum Gasteiger partial charge on any atom is -0.339 e. The molecule has 0 aliphatic rings. The third-order valence-corrected chi connectivity index (χ3v) is 3.29. The lowest BCUT2D eigenvalue weighted by atomic mass is 10.2. The van der Waals surface area contributed by atoms with E-state index in [4.69, 9.17) is 0 Å². The Balaban J connectivity index is 2.53. The monoisotopic (exact) mass is 223 g/mol. The molecule has 0 fully saturated rings. The van der Waals surface area contributed by atoms with E-state index < -0.39 is 0 Å². The Bertz CT molecular complexity index is 329. The van der Waals surface area contributed by atoms with Gasteiger partial charge in [0.05, 0.1) is 0 Å². The van der Waals surface area contributed by atoms with Crippen LogP contribution >= 0.6 is 11.3 Å². The quantitative estimate of drug-likeness (QED) is 0.719. The predicted octanol–water partition coefficient (Wildman–Crippen LogP) is 2.71. The van der Waals surface area contributed by atoms with Gasteiger partial charge in [0.25, 0.3) is 0 Å². The molecule has 1 aromatic heterocycles. The van der Waals surface area contributed by atoms with Crippen molar-refractivity contribution < 1.29 is 4.79 Å². The number of amides is 1. The van der Waals surface area contributed by atoms with Gasteiger partial charge in [-0.3, -0.25) is 4.79 Å². The maximum atomic E-state index is 11.6. The third kappa shape index (κ3) is 3.51. The van der Waals surface area contributed by atoms with Crippen molar-refractivity contribution in [3.63, 3.8) is 0 Å². The average molecular weight is 223 g/mol. The second kappa shape index (κ2) is 5.71. The van der Waals surface area contributed by atoms with Crippen LogP contribution in [0.2, 0.25) is 0 Å². The molecule has 1 aromatic rings. The van der Waals surface area contributed by atoms with Crippen molar-refractivity contribution in [1.82, 2.24) is 4.90 Å². The van der Waals surface area contributed by atoms with Gasteiger partial charge >= 0.3 is 0 Å². The van der Waals surface area contributed by atoms with Gasteiger partial charge in [-0.1, -0.05) is 12.1 Å². The molecule has 0 spiro atoms. The summed E-state index contributed by atoms with van der Waals surface area (Å²) >= 11 is 1.74. The molecule has 1 heterocycles. The fraction of sp³-hybridized carbons (Fsp3) is 0.417. The Kier molecular flexibility index (Phi) is 4.56. The second-order valence-corrected chi connectivity index (χ2v) is 4.61. The zero-order chi connectivity index (χ0) is 11.3. The SMILES string of the molecule is CC=CC(=O)N(C)C(C)Cc1cccs1. The van der Waals surface area contributed by atoms with Crippen LogP contribution in [-0.4, -0.2) is 23.9 Å². The molecule has 0 aliphatic carbocycles. The van der Waals surface area contributed by atoms with E-state index in [1.807, 2.05) is 20.0 Å². The van der Waals surface area contributed by atoms with Crippen molar-refractivity contribution in [2.75, 3.05) is 7.05 Å². The minimum absolute atomic E-state index is 0.0709. The fourth-order valence-corrected chi connectivity index (χ4v) is 2.16. The predicted molar refractivity (Wildman–Crippen MR) is 65.1 cm³/mol. The number of carbonyl (C=O) groups excluding carboxylic acids is 1. The van der Waals surface area contributed by atoms with Crippen molar-refractivity contribution in [3.8, 4) is 0 Å². The van der Waals surface area contributed by atoms with Crippen LogP contribution in [0.15, 0.2) is 29.7 Å². The van der Waals surface area contributed by atoms with Crippen molar-refractivity contribution in [2.45, 2.75) is 26.3 Å². The molecule has 1 atom stereocenters. The number of rotatable bonds is 4. The molecule has 0 N–H and O–H groups in total. The first-order valence-electron chi connectivity index (χ1n) is 5.07. The number of thiophene rings is 1. The summed E-state index contributed by atoms with van der Waals surface area (Å²) in [6.45, 7) is 3.93. The van der Waals surface area contributed by atoms with E-state index in [-0.39, 0.29) is 11.9 Å². The largest absolute Gasteiger partial charge is 0.339 e. The lowest BCUT2D eigenvalue weighted by Crippen LogP contribution is -2.35. The van der Waals surface area contributed by atoms with E-state index in [2.05, 4.69) is 18.4 Å². The van der Waals surface area contributed by atoms with Crippen LogP contribution < -0.4 is 0 Å². The highest BCUT2D eigenvalue weighted by Crippen LogP contribution is 2.13. The summed E-state index contributed by atoms with van der Waals surface area (Å²) in [5, 5.41) is 2.07. The number of hydrogen-bond acceptors (Lipinski definition) is 2. The molecule has 82 valence electrons. The van der Waals surface area contributed by atoms with Gasteiger partial charge in [-0.2, -0.15) is 0 Å². The van der Waals surface area contributed by atoms with Gasteiger partial charge in [0.2, 0.25) is 5.91 Å². The molecular weight excluding hydrogens is 206 g/mol. The Labute approximate surface area is 95.2 Å². The standard InChI is InChI=1S/C12H17NOS/c1-4-6-12(14)13(3)10(2)9-11-7-5-8-15-11/h4-8,10H,9H2,1-3H3. The van der Waals surface area contributed by atoms with E-state index in [1.54, 1.807) is 28.4 Å². The molecule has 0 saturated carbocycles. The van der Waals surface area contributed by atoms with E-state index in [0.717, 1.165) is 6.42 Å². The Hall–Kier alpha value is -1.09. The summed E-state index contributed by atoms with van der Waals surface area (Å²) in [5.74, 6) is 0.0709. The van der Waals surface area contributed by atoms with Gasteiger partial charge in [0.15, 0.2) is 0 Å². The molecule has 3 heteroatoms. The highest BCUT2D eigenvalue weighted by molar-refractivity contribution is 7.09. The van der Waals surface area contributed by atoms with Gasteiger partial charge in [-0.25, -0.2) is 0 Å². The first-order valence-corrected chi connectivity index (χ1v) is 5.95. The topological polar surface area (TPSA) is 20.3 Å². The van der Waals surface area contributed by atoms with E-state index in [9.17, 15) is 4.79 Å².